The minimum Gasteiger partial charge on any atom is -0.490 e. The molecular formula is C25H26BrClN6O2S. The number of benzene rings is 2. The molecule has 0 unspecified atom stereocenters. The van der Waals surface area contributed by atoms with Crippen LogP contribution >= 0.6 is 39.7 Å². The fourth-order valence-electron chi connectivity index (χ4n) is 3.53. The van der Waals surface area contributed by atoms with E-state index in [1.165, 1.54) is 0 Å². The van der Waals surface area contributed by atoms with Gasteiger partial charge in [0.2, 0.25) is 0 Å². The Morgan fingerprint density at radius 1 is 1.00 bits per heavy atom. The predicted octanol–water partition coefficient (Wildman–Crippen LogP) is 6.20. The van der Waals surface area contributed by atoms with Crippen molar-refractivity contribution >= 4 is 56.4 Å². The zero-order valence-corrected chi connectivity index (χ0v) is 23.0. The fourth-order valence-corrected chi connectivity index (χ4v) is 4.35. The van der Waals surface area contributed by atoms with Gasteiger partial charge in [-0.2, -0.15) is 10.2 Å². The Kier molecular flexibility index (Phi) is 8.84. The van der Waals surface area contributed by atoms with Crippen LogP contribution in [-0.4, -0.2) is 37.9 Å². The van der Waals surface area contributed by atoms with E-state index in [1.54, 1.807) is 10.9 Å². The molecule has 36 heavy (non-hydrogen) atoms. The first-order valence-electron chi connectivity index (χ1n) is 11.4. The molecule has 0 bridgehead atoms. The molecule has 8 nitrogen and oxygen atoms in total. The first kappa shape index (κ1) is 26.0. The summed E-state index contributed by atoms with van der Waals surface area (Å²) in [7, 11) is 0. The molecule has 0 saturated heterocycles. The maximum Gasteiger partial charge on any atom is 0.176 e. The van der Waals surface area contributed by atoms with Crippen molar-refractivity contribution in [1.82, 2.24) is 19.6 Å². The summed E-state index contributed by atoms with van der Waals surface area (Å²) in [6.45, 7) is 6.17. The van der Waals surface area contributed by atoms with Crippen molar-refractivity contribution in [2.75, 3.05) is 23.8 Å². The average molecular weight is 590 g/mol. The number of nitrogens with zero attached hydrogens (tertiary/aromatic N) is 4. The van der Waals surface area contributed by atoms with Gasteiger partial charge in [-0.05, 0) is 71.3 Å². The monoisotopic (exact) mass is 588 g/mol. The van der Waals surface area contributed by atoms with Crippen molar-refractivity contribution in [3.8, 4) is 11.5 Å². The summed E-state index contributed by atoms with van der Waals surface area (Å²) in [5.41, 5.74) is 2.79. The summed E-state index contributed by atoms with van der Waals surface area (Å²) in [4.78, 5) is 0. The van der Waals surface area contributed by atoms with E-state index in [0.717, 1.165) is 32.8 Å². The third kappa shape index (κ3) is 6.77. The lowest BCUT2D eigenvalue weighted by molar-refractivity contribution is 0.287. The van der Waals surface area contributed by atoms with Crippen LogP contribution in [0.15, 0.2) is 65.5 Å². The number of aromatic nitrogens is 4. The van der Waals surface area contributed by atoms with Gasteiger partial charge >= 0.3 is 0 Å². The van der Waals surface area contributed by atoms with Gasteiger partial charge in [0.1, 0.15) is 0 Å². The van der Waals surface area contributed by atoms with Gasteiger partial charge in [-0.25, -0.2) is 0 Å². The largest absolute Gasteiger partial charge is 0.490 e. The lowest BCUT2D eigenvalue weighted by Crippen LogP contribution is -2.19. The lowest BCUT2D eigenvalue weighted by atomic mass is 10.2. The number of ether oxygens (including phenoxy) is 2. The first-order valence-corrected chi connectivity index (χ1v) is 13.0. The van der Waals surface area contributed by atoms with Crippen LogP contribution in [-0.2, 0) is 13.1 Å². The number of anilines is 2. The summed E-state index contributed by atoms with van der Waals surface area (Å²) in [6, 6.07) is 13.6. The molecule has 0 saturated carbocycles. The van der Waals surface area contributed by atoms with Crippen molar-refractivity contribution in [2.24, 2.45) is 0 Å². The molecule has 0 aliphatic carbocycles. The molecule has 0 aliphatic heterocycles. The number of thiocarbonyl (C=S) groups is 1. The molecule has 0 fully saturated rings. The Morgan fingerprint density at radius 2 is 1.78 bits per heavy atom. The summed E-state index contributed by atoms with van der Waals surface area (Å²) >= 11 is 15.3. The van der Waals surface area contributed by atoms with Gasteiger partial charge in [0.05, 0.1) is 42.7 Å². The summed E-state index contributed by atoms with van der Waals surface area (Å²) in [5, 5.41) is 16.4. The summed E-state index contributed by atoms with van der Waals surface area (Å²) in [6.07, 6.45) is 5.48. The number of hydrogen-bond acceptors (Lipinski definition) is 5. The van der Waals surface area contributed by atoms with Gasteiger partial charge in [-0.1, -0.05) is 35.9 Å². The van der Waals surface area contributed by atoms with Crippen LogP contribution in [0.3, 0.4) is 0 Å². The molecule has 0 radical (unpaired) electrons. The highest BCUT2D eigenvalue weighted by Gasteiger charge is 2.11. The maximum atomic E-state index is 6.27. The summed E-state index contributed by atoms with van der Waals surface area (Å²) in [5.74, 6) is 2.07. The Hall–Kier alpha value is -3.08. The van der Waals surface area contributed by atoms with Gasteiger partial charge in [0.15, 0.2) is 22.4 Å². The van der Waals surface area contributed by atoms with E-state index in [4.69, 9.17) is 33.3 Å². The quantitative estimate of drug-likeness (QED) is 0.213. The molecule has 2 heterocycles. The van der Waals surface area contributed by atoms with E-state index < -0.39 is 0 Å². The second-order valence-corrected chi connectivity index (χ2v) is 9.44. The fraction of sp³-hybridized carbons (Fsp3) is 0.240. The van der Waals surface area contributed by atoms with Crippen LogP contribution < -0.4 is 20.1 Å². The molecule has 0 atom stereocenters. The van der Waals surface area contributed by atoms with E-state index >= 15 is 0 Å². The third-order valence-electron chi connectivity index (χ3n) is 5.08. The van der Waals surface area contributed by atoms with Crippen molar-refractivity contribution in [3.63, 3.8) is 0 Å². The molecule has 11 heteroatoms. The first-order chi connectivity index (χ1) is 17.4. The highest BCUT2D eigenvalue weighted by Crippen LogP contribution is 2.29. The lowest BCUT2D eigenvalue weighted by Gasteiger charge is -2.12. The van der Waals surface area contributed by atoms with Crippen LogP contribution in [0.1, 0.15) is 25.0 Å². The van der Waals surface area contributed by atoms with E-state index in [2.05, 4.69) is 36.8 Å². The number of halogens is 2. The Bertz CT molecular complexity index is 1340. The normalized spacial score (nSPS) is 10.8. The van der Waals surface area contributed by atoms with Crippen LogP contribution in [0.25, 0.3) is 0 Å². The van der Waals surface area contributed by atoms with Crippen LogP contribution in [0.4, 0.5) is 11.5 Å². The number of rotatable bonds is 10. The molecule has 4 rings (SSSR count). The summed E-state index contributed by atoms with van der Waals surface area (Å²) < 4.78 is 15.8. The van der Waals surface area contributed by atoms with Crippen LogP contribution in [0.2, 0.25) is 5.02 Å². The highest BCUT2D eigenvalue weighted by molar-refractivity contribution is 9.10. The van der Waals surface area contributed by atoms with Crippen LogP contribution in [0.5, 0.6) is 11.5 Å². The second-order valence-electron chi connectivity index (χ2n) is 7.77. The van der Waals surface area contributed by atoms with Gasteiger partial charge < -0.3 is 20.1 Å². The molecular weight excluding hydrogens is 564 g/mol. The minimum absolute atomic E-state index is 0.401. The number of nitrogens with one attached hydrogen (secondary N) is 2. The van der Waals surface area contributed by atoms with Gasteiger partial charge in [-0.15, -0.1) is 0 Å². The van der Waals surface area contributed by atoms with Crippen molar-refractivity contribution in [2.45, 2.75) is 26.9 Å². The Balaban J connectivity index is 1.36. The number of hydrogen-bond donors (Lipinski definition) is 2. The second kappa shape index (κ2) is 12.2. The van der Waals surface area contributed by atoms with E-state index in [0.29, 0.717) is 42.3 Å². The topological polar surface area (TPSA) is 78.2 Å². The van der Waals surface area contributed by atoms with Gasteiger partial charge in [0.25, 0.3) is 0 Å². The maximum absolute atomic E-state index is 6.27. The Morgan fingerprint density at radius 3 is 2.56 bits per heavy atom. The molecule has 0 aliphatic rings. The van der Waals surface area contributed by atoms with Crippen molar-refractivity contribution in [3.05, 3.63) is 81.7 Å². The smallest absolute Gasteiger partial charge is 0.176 e. The predicted molar refractivity (Wildman–Crippen MR) is 150 cm³/mol. The van der Waals surface area contributed by atoms with E-state index in [1.807, 2.05) is 73.4 Å². The van der Waals surface area contributed by atoms with E-state index in [9.17, 15) is 0 Å². The zero-order valence-electron chi connectivity index (χ0n) is 19.9. The highest BCUT2D eigenvalue weighted by atomic mass is 79.9. The SMILES string of the molecule is CCOc1ccc(Cn2cc(NC(=S)Nc3nn(Cc4ccccc4Cl)cc3Br)cn2)cc1OCC. The Labute approximate surface area is 228 Å². The molecule has 4 aromatic rings. The molecule has 0 amide bonds. The van der Waals surface area contributed by atoms with Gasteiger partial charge in [-0.3, -0.25) is 9.36 Å². The molecule has 188 valence electrons. The van der Waals surface area contributed by atoms with Gasteiger partial charge in [0, 0.05) is 17.4 Å². The minimum atomic E-state index is 0.401. The van der Waals surface area contributed by atoms with E-state index in [-0.39, 0.29) is 0 Å². The zero-order chi connectivity index (χ0) is 25.5. The molecule has 2 N–H and O–H groups in total. The van der Waals surface area contributed by atoms with Crippen LogP contribution in [0, 0.1) is 0 Å². The van der Waals surface area contributed by atoms with Crippen molar-refractivity contribution in [1.29, 1.82) is 0 Å². The van der Waals surface area contributed by atoms with Crippen molar-refractivity contribution < 1.29 is 9.47 Å². The molecule has 2 aromatic carbocycles. The third-order valence-corrected chi connectivity index (χ3v) is 6.24. The molecule has 0 spiro atoms. The molecule has 2 aromatic heterocycles. The standard InChI is InChI=1S/C25H26BrClN6O2S/c1-3-34-22-10-9-17(11-23(22)35-4-2)13-32-15-19(12-28-32)29-25(36)30-24-20(26)16-33(31-24)14-18-7-5-6-8-21(18)27/h5-12,15-16H,3-4,13-14H2,1-2H3,(H2,29,30,31,36). The average Bonchev–Trinajstić information content (AvgIpc) is 3.42.